The lowest BCUT2D eigenvalue weighted by Gasteiger charge is -1.70. The fourth-order valence-electron chi connectivity index (χ4n) is 0.281. The summed E-state index contributed by atoms with van der Waals surface area (Å²) < 4.78 is 20.3. The van der Waals surface area contributed by atoms with Crippen LogP contribution in [0, 0.1) is 10.8 Å². The van der Waals surface area contributed by atoms with Gasteiger partial charge in [0.05, 0.1) is 10.8 Å². The van der Waals surface area contributed by atoms with Crippen molar-refractivity contribution in [1.82, 2.24) is 0 Å². The van der Waals surface area contributed by atoms with Crippen LogP contribution in [0.1, 0.15) is 0 Å². The monoisotopic (exact) mass is 114 g/mol. The third-order valence-electron chi connectivity index (χ3n) is 0.530. The Morgan fingerprint density at radius 3 is 1.71 bits per heavy atom. The van der Waals surface area contributed by atoms with Gasteiger partial charge in [0.25, 0.3) is 0 Å². The van der Waals surface area contributed by atoms with E-state index >= 15 is 0 Å². The van der Waals surface area contributed by atoms with Gasteiger partial charge in [-0.15, -0.1) is 0 Å². The average Bonchev–Trinajstić information content (AvgIpc) is 1.84. The molecule has 0 saturated carbocycles. The molecule has 1 aliphatic rings. The van der Waals surface area contributed by atoms with Gasteiger partial charge in [-0.2, -0.15) is 0 Å². The number of rotatable bonds is 0. The molecule has 0 aliphatic carbocycles. The topological polar surface area (TPSA) is 34.1 Å². The lowest BCUT2D eigenvalue weighted by molar-refractivity contribution is 0.611. The predicted octanol–water partition coefficient (Wildman–Crippen LogP) is 0.0486. The highest BCUT2D eigenvalue weighted by atomic mass is 32.2. The van der Waals surface area contributed by atoms with Crippen LogP contribution in [0.3, 0.4) is 0 Å². The summed E-state index contributed by atoms with van der Waals surface area (Å²) >= 11 is 0. The number of allylic oxidation sites excluding steroid dienone is 2. The Morgan fingerprint density at radius 2 is 1.57 bits per heavy atom. The van der Waals surface area contributed by atoms with Crippen LogP contribution in [0.15, 0.2) is 12.2 Å². The SMILES string of the molecule is O=S1(=O)[C]=CC=[C]1. The highest BCUT2D eigenvalue weighted by Gasteiger charge is 2.03. The molecule has 1 rings (SSSR count). The molecule has 2 radical (unpaired) electrons. The molecule has 0 amide bonds. The van der Waals surface area contributed by atoms with Crippen LogP contribution >= 0.6 is 0 Å². The Bertz CT molecular complexity index is 190. The van der Waals surface area contributed by atoms with Gasteiger partial charge in [-0.05, 0) is 12.2 Å². The molecule has 0 aromatic heterocycles. The molecule has 0 unspecified atom stereocenters. The average molecular weight is 114 g/mol. The number of hydrogen-bond donors (Lipinski definition) is 0. The molecule has 0 aromatic rings. The zero-order chi connectivity index (χ0) is 5.33. The minimum atomic E-state index is -3.16. The first-order chi connectivity index (χ1) is 3.21. The van der Waals surface area contributed by atoms with Crippen molar-refractivity contribution >= 4 is 9.84 Å². The van der Waals surface area contributed by atoms with E-state index in [4.69, 9.17) is 0 Å². The molecule has 1 aliphatic heterocycles. The molecule has 0 aromatic carbocycles. The first-order valence-electron chi connectivity index (χ1n) is 1.65. The second-order valence-electron chi connectivity index (χ2n) is 1.07. The smallest absolute Gasteiger partial charge is 0.209 e. The zero-order valence-electron chi connectivity index (χ0n) is 3.38. The fourth-order valence-corrected chi connectivity index (χ4v) is 0.844. The fraction of sp³-hybridized carbons (Fsp3) is 0. The van der Waals surface area contributed by atoms with E-state index in [1.165, 1.54) is 12.2 Å². The Kier molecular flexibility index (Phi) is 0.785. The molecular formula is C4H2O2S. The van der Waals surface area contributed by atoms with Crippen molar-refractivity contribution in [1.29, 1.82) is 0 Å². The third kappa shape index (κ3) is 0.899. The van der Waals surface area contributed by atoms with E-state index in [1.807, 2.05) is 0 Å². The van der Waals surface area contributed by atoms with Crippen LogP contribution in [0.2, 0.25) is 0 Å². The Balaban J connectivity index is 3.25. The molecule has 7 heavy (non-hydrogen) atoms. The van der Waals surface area contributed by atoms with Crippen molar-refractivity contribution in [2.45, 2.75) is 0 Å². The van der Waals surface area contributed by atoms with Crippen molar-refractivity contribution in [3.63, 3.8) is 0 Å². The predicted molar refractivity (Wildman–Crippen MR) is 24.5 cm³/mol. The molecule has 2 nitrogen and oxygen atoms in total. The molecule has 0 atom stereocenters. The molecular weight excluding hydrogens is 112 g/mol. The lowest BCUT2D eigenvalue weighted by Crippen LogP contribution is -1.82. The molecule has 1 heterocycles. The molecule has 0 spiro atoms. The van der Waals surface area contributed by atoms with Crippen LogP contribution in [0.25, 0.3) is 0 Å². The number of sulfone groups is 1. The highest BCUT2D eigenvalue weighted by Crippen LogP contribution is 1.98. The molecule has 0 saturated heterocycles. The van der Waals surface area contributed by atoms with Crippen molar-refractivity contribution < 1.29 is 8.42 Å². The standard InChI is InChI=1S/C4H2O2S/c5-7(6)3-1-2-4-7/h1-2H. The highest BCUT2D eigenvalue weighted by molar-refractivity contribution is 7.94. The second-order valence-corrected chi connectivity index (χ2v) is 2.55. The quantitative estimate of drug-likeness (QED) is 0.446. The van der Waals surface area contributed by atoms with Gasteiger partial charge in [-0.1, -0.05) is 0 Å². The van der Waals surface area contributed by atoms with Gasteiger partial charge >= 0.3 is 0 Å². The van der Waals surface area contributed by atoms with Gasteiger partial charge in [0.2, 0.25) is 9.84 Å². The van der Waals surface area contributed by atoms with Crippen LogP contribution in [0.5, 0.6) is 0 Å². The summed E-state index contributed by atoms with van der Waals surface area (Å²) in [5.74, 6) is 0. The number of hydrogen-bond acceptors (Lipinski definition) is 2. The van der Waals surface area contributed by atoms with Crippen LogP contribution in [-0.2, 0) is 9.84 Å². The summed E-state index contributed by atoms with van der Waals surface area (Å²) in [6.07, 6.45) is 2.63. The second kappa shape index (κ2) is 1.20. The van der Waals surface area contributed by atoms with E-state index in [1.54, 1.807) is 0 Å². The first-order valence-corrected chi connectivity index (χ1v) is 3.14. The van der Waals surface area contributed by atoms with E-state index in [2.05, 4.69) is 10.8 Å². The normalized spacial score (nSPS) is 23.4. The van der Waals surface area contributed by atoms with Gasteiger partial charge < -0.3 is 0 Å². The largest absolute Gasteiger partial charge is 0.218 e. The van der Waals surface area contributed by atoms with Gasteiger partial charge in [-0.3, -0.25) is 0 Å². The molecule has 3 heteroatoms. The van der Waals surface area contributed by atoms with Crippen molar-refractivity contribution in [3.05, 3.63) is 23.0 Å². The van der Waals surface area contributed by atoms with Crippen molar-refractivity contribution in [2.75, 3.05) is 0 Å². The minimum absolute atomic E-state index is 1.31. The van der Waals surface area contributed by atoms with Crippen LogP contribution in [0.4, 0.5) is 0 Å². The maximum Gasteiger partial charge on any atom is 0.209 e. The summed E-state index contributed by atoms with van der Waals surface area (Å²) in [6, 6.07) is 0. The third-order valence-corrected chi connectivity index (χ3v) is 1.42. The summed E-state index contributed by atoms with van der Waals surface area (Å²) in [5.41, 5.74) is 0. The zero-order valence-corrected chi connectivity index (χ0v) is 4.20. The van der Waals surface area contributed by atoms with Crippen LogP contribution in [-0.4, -0.2) is 8.42 Å². The molecule has 36 valence electrons. The maximum absolute atomic E-state index is 10.1. The van der Waals surface area contributed by atoms with Crippen molar-refractivity contribution in [3.8, 4) is 0 Å². The molecule has 0 N–H and O–H groups in total. The first kappa shape index (κ1) is 4.59. The maximum atomic E-state index is 10.1. The summed E-state index contributed by atoms with van der Waals surface area (Å²) in [5, 5.41) is 4.15. The van der Waals surface area contributed by atoms with E-state index in [-0.39, 0.29) is 0 Å². The van der Waals surface area contributed by atoms with E-state index in [0.717, 1.165) is 0 Å². The Hall–Kier alpha value is -0.570. The van der Waals surface area contributed by atoms with Gasteiger partial charge in [-0.25, -0.2) is 8.42 Å². The minimum Gasteiger partial charge on any atom is -0.218 e. The van der Waals surface area contributed by atoms with Crippen LogP contribution < -0.4 is 0 Å². The van der Waals surface area contributed by atoms with E-state index < -0.39 is 9.84 Å². The molecule has 0 bridgehead atoms. The Labute approximate surface area is 42.1 Å². The van der Waals surface area contributed by atoms with Crippen molar-refractivity contribution in [2.24, 2.45) is 0 Å². The van der Waals surface area contributed by atoms with E-state index in [0.29, 0.717) is 0 Å². The van der Waals surface area contributed by atoms with Gasteiger partial charge in [0.1, 0.15) is 0 Å². The lowest BCUT2D eigenvalue weighted by atomic mass is 10.6. The Morgan fingerprint density at radius 1 is 1.14 bits per heavy atom. The summed E-state index contributed by atoms with van der Waals surface area (Å²) in [7, 11) is -3.16. The molecule has 0 fully saturated rings. The van der Waals surface area contributed by atoms with Gasteiger partial charge in [0.15, 0.2) is 0 Å². The summed E-state index contributed by atoms with van der Waals surface area (Å²) in [4.78, 5) is 0. The van der Waals surface area contributed by atoms with Gasteiger partial charge in [0, 0.05) is 0 Å². The summed E-state index contributed by atoms with van der Waals surface area (Å²) in [6.45, 7) is 0. The van der Waals surface area contributed by atoms with E-state index in [9.17, 15) is 8.42 Å².